The van der Waals surface area contributed by atoms with Gasteiger partial charge < -0.3 is 9.73 Å². The molecule has 0 atom stereocenters. The summed E-state index contributed by atoms with van der Waals surface area (Å²) in [6.45, 7) is 2.87. The van der Waals surface area contributed by atoms with E-state index in [0.717, 1.165) is 0 Å². The van der Waals surface area contributed by atoms with Crippen LogP contribution in [-0.4, -0.2) is 27.3 Å². The summed E-state index contributed by atoms with van der Waals surface area (Å²) in [5, 5.41) is 11.5. The number of nitriles is 1. The third kappa shape index (κ3) is 4.99. The highest BCUT2D eigenvalue weighted by Gasteiger charge is 2.07. The average molecular weight is 257 g/mol. The van der Waals surface area contributed by atoms with Gasteiger partial charge in [0.25, 0.3) is 0 Å². The monoisotopic (exact) mass is 257 g/mol. The highest BCUT2D eigenvalue weighted by Crippen LogP contribution is 2.05. The zero-order chi connectivity index (χ0) is 12.7. The molecule has 2 N–H and O–H groups in total. The Labute approximate surface area is 101 Å². The van der Waals surface area contributed by atoms with Gasteiger partial charge in [-0.3, -0.25) is 0 Å². The summed E-state index contributed by atoms with van der Waals surface area (Å²) in [4.78, 5) is 0. The number of nitrogens with zero attached hydrogens (tertiary/aromatic N) is 1. The van der Waals surface area contributed by atoms with Gasteiger partial charge in [0.05, 0.1) is 12.3 Å². The second-order valence-electron chi connectivity index (χ2n) is 3.37. The molecule has 0 aliphatic rings. The summed E-state index contributed by atoms with van der Waals surface area (Å²) < 4.78 is 30.1. The molecule has 0 saturated carbocycles. The van der Waals surface area contributed by atoms with E-state index in [2.05, 4.69) is 10.0 Å². The van der Waals surface area contributed by atoms with Crippen molar-refractivity contribution in [3.63, 3.8) is 0 Å². The van der Waals surface area contributed by atoms with Crippen LogP contribution in [-0.2, 0) is 16.6 Å². The fraction of sp³-hybridized carbons (Fsp3) is 0.500. The van der Waals surface area contributed by atoms with E-state index < -0.39 is 10.0 Å². The standard InChI is InChI=1S/C10H15N3O3S/c1-2-13-17(14,15)6-5-12-8-10-4-3-9(7-11)16-10/h3-4,12-13H,2,5-6,8H2,1H3. The minimum absolute atomic E-state index is 0.0205. The molecule has 6 nitrogen and oxygen atoms in total. The summed E-state index contributed by atoms with van der Waals surface area (Å²) in [6.07, 6.45) is 0. The Morgan fingerprint density at radius 2 is 2.24 bits per heavy atom. The van der Waals surface area contributed by atoms with Gasteiger partial charge in [-0.2, -0.15) is 5.26 Å². The normalized spacial score (nSPS) is 11.3. The van der Waals surface area contributed by atoms with Crippen LogP contribution in [0.4, 0.5) is 0 Å². The lowest BCUT2D eigenvalue weighted by molar-refractivity contribution is 0.477. The third-order valence-electron chi connectivity index (χ3n) is 1.98. The van der Waals surface area contributed by atoms with Crippen LogP contribution in [0.25, 0.3) is 0 Å². The molecule has 0 unspecified atom stereocenters. The molecule has 1 aromatic heterocycles. The van der Waals surface area contributed by atoms with E-state index in [1.54, 1.807) is 19.1 Å². The number of furan rings is 1. The van der Waals surface area contributed by atoms with Crippen molar-refractivity contribution in [1.29, 1.82) is 5.26 Å². The van der Waals surface area contributed by atoms with Gasteiger partial charge in [0.2, 0.25) is 15.8 Å². The summed E-state index contributed by atoms with van der Waals surface area (Å²) >= 11 is 0. The van der Waals surface area contributed by atoms with Crippen molar-refractivity contribution in [2.45, 2.75) is 13.5 Å². The molecular weight excluding hydrogens is 242 g/mol. The first-order chi connectivity index (χ1) is 8.07. The molecule has 0 fully saturated rings. The van der Waals surface area contributed by atoms with Gasteiger partial charge in [0.1, 0.15) is 11.8 Å². The maximum atomic E-state index is 11.3. The molecule has 0 amide bonds. The topological polar surface area (TPSA) is 95.1 Å². The quantitative estimate of drug-likeness (QED) is 0.679. The lowest BCUT2D eigenvalue weighted by Gasteiger charge is -2.04. The average Bonchev–Trinajstić information content (AvgIpc) is 2.72. The number of rotatable bonds is 7. The van der Waals surface area contributed by atoms with Crippen LogP contribution in [0.5, 0.6) is 0 Å². The first-order valence-corrected chi connectivity index (χ1v) is 6.89. The van der Waals surface area contributed by atoms with Crippen molar-refractivity contribution in [3.8, 4) is 6.07 Å². The van der Waals surface area contributed by atoms with Crippen LogP contribution in [0.2, 0.25) is 0 Å². The fourth-order valence-corrected chi connectivity index (χ4v) is 2.24. The molecule has 0 spiro atoms. The van der Waals surface area contributed by atoms with Crippen LogP contribution in [0.3, 0.4) is 0 Å². The molecule has 1 rings (SSSR count). The number of hydrogen-bond donors (Lipinski definition) is 2. The van der Waals surface area contributed by atoms with E-state index in [9.17, 15) is 8.42 Å². The Balaban J connectivity index is 2.27. The third-order valence-corrected chi connectivity index (χ3v) is 3.45. The van der Waals surface area contributed by atoms with Gasteiger partial charge in [-0.25, -0.2) is 13.1 Å². The van der Waals surface area contributed by atoms with Crippen molar-refractivity contribution < 1.29 is 12.8 Å². The van der Waals surface area contributed by atoms with Gasteiger partial charge in [0, 0.05) is 13.1 Å². The van der Waals surface area contributed by atoms with Crippen molar-refractivity contribution in [2.24, 2.45) is 0 Å². The molecule has 0 aliphatic carbocycles. The first kappa shape index (κ1) is 13.7. The Bertz CT molecular complexity index is 487. The van der Waals surface area contributed by atoms with E-state index >= 15 is 0 Å². The van der Waals surface area contributed by atoms with Crippen molar-refractivity contribution in [2.75, 3.05) is 18.8 Å². The Morgan fingerprint density at radius 3 is 2.82 bits per heavy atom. The summed E-state index contributed by atoms with van der Waals surface area (Å²) in [6, 6.07) is 5.14. The molecule has 0 saturated heterocycles. The van der Waals surface area contributed by atoms with Gasteiger partial charge in [-0.15, -0.1) is 0 Å². The van der Waals surface area contributed by atoms with Gasteiger partial charge >= 0.3 is 0 Å². The van der Waals surface area contributed by atoms with Crippen LogP contribution < -0.4 is 10.0 Å². The molecule has 1 aromatic rings. The zero-order valence-electron chi connectivity index (χ0n) is 9.56. The highest BCUT2D eigenvalue weighted by molar-refractivity contribution is 7.89. The lowest BCUT2D eigenvalue weighted by Crippen LogP contribution is -2.31. The lowest BCUT2D eigenvalue weighted by atomic mass is 10.4. The second-order valence-corrected chi connectivity index (χ2v) is 5.30. The summed E-state index contributed by atoms with van der Waals surface area (Å²) in [5.41, 5.74) is 0. The second kappa shape index (κ2) is 6.39. The van der Waals surface area contributed by atoms with Gasteiger partial charge in [-0.05, 0) is 12.1 Å². The van der Waals surface area contributed by atoms with E-state index in [1.807, 2.05) is 6.07 Å². The van der Waals surface area contributed by atoms with Crippen LogP contribution in [0, 0.1) is 11.3 Å². The smallest absolute Gasteiger partial charge is 0.212 e. The summed E-state index contributed by atoms with van der Waals surface area (Å²) in [5.74, 6) is 0.886. The fourth-order valence-electron chi connectivity index (χ4n) is 1.24. The number of nitrogens with one attached hydrogen (secondary N) is 2. The maximum Gasteiger partial charge on any atom is 0.212 e. The number of sulfonamides is 1. The van der Waals surface area contributed by atoms with E-state index in [1.165, 1.54) is 0 Å². The Morgan fingerprint density at radius 1 is 1.47 bits per heavy atom. The van der Waals surface area contributed by atoms with Crippen LogP contribution >= 0.6 is 0 Å². The van der Waals surface area contributed by atoms with Crippen molar-refractivity contribution in [1.82, 2.24) is 10.0 Å². The molecule has 1 heterocycles. The molecule has 7 heteroatoms. The minimum atomic E-state index is -3.18. The first-order valence-electron chi connectivity index (χ1n) is 5.24. The molecular formula is C10H15N3O3S. The molecule has 0 aromatic carbocycles. The molecule has 94 valence electrons. The molecule has 0 bridgehead atoms. The van der Waals surface area contributed by atoms with Gasteiger partial charge in [0.15, 0.2) is 0 Å². The molecule has 0 aliphatic heterocycles. The SMILES string of the molecule is CCNS(=O)(=O)CCNCc1ccc(C#N)o1. The Hall–Kier alpha value is -1.36. The zero-order valence-corrected chi connectivity index (χ0v) is 10.4. The maximum absolute atomic E-state index is 11.3. The van der Waals surface area contributed by atoms with E-state index in [4.69, 9.17) is 9.68 Å². The van der Waals surface area contributed by atoms with Crippen molar-refractivity contribution in [3.05, 3.63) is 23.7 Å². The van der Waals surface area contributed by atoms with Crippen molar-refractivity contribution >= 4 is 10.0 Å². The summed E-state index contributed by atoms with van der Waals surface area (Å²) in [7, 11) is -3.18. The van der Waals surface area contributed by atoms with Gasteiger partial charge in [-0.1, -0.05) is 6.92 Å². The van der Waals surface area contributed by atoms with Crippen LogP contribution in [0.1, 0.15) is 18.4 Å². The predicted molar refractivity (Wildman–Crippen MR) is 62.6 cm³/mol. The van der Waals surface area contributed by atoms with E-state index in [-0.39, 0.29) is 11.5 Å². The minimum Gasteiger partial charge on any atom is -0.449 e. The number of hydrogen-bond acceptors (Lipinski definition) is 5. The highest BCUT2D eigenvalue weighted by atomic mass is 32.2. The van der Waals surface area contributed by atoms with Crippen LogP contribution in [0.15, 0.2) is 16.5 Å². The van der Waals surface area contributed by atoms with E-state index in [0.29, 0.717) is 25.4 Å². The Kier molecular flexibility index (Phi) is 5.15. The largest absolute Gasteiger partial charge is 0.449 e. The molecule has 17 heavy (non-hydrogen) atoms. The molecule has 0 radical (unpaired) electrons. The predicted octanol–water partition coefficient (Wildman–Crippen LogP) is 0.180.